The highest BCUT2D eigenvalue weighted by molar-refractivity contribution is 7.98. The maximum absolute atomic E-state index is 12.7. The van der Waals surface area contributed by atoms with Gasteiger partial charge in [0.2, 0.25) is 0 Å². The first-order valence-corrected chi connectivity index (χ1v) is 9.44. The zero-order chi connectivity index (χ0) is 16.6. The van der Waals surface area contributed by atoms with Gasteiger partial charge in [0.15, 0.2) is 10.9 Å². The standard InChI is InChI=1S/C17H19N3OS2/c1-10-9-13(12(3)23-10)11(2)18-16(21)15-14-7-5-6-8-20(14)17(19-15)22-4/h5-9,11H,1-4H3,(H,18,21)/t11-/m1/s1. The van der Waals surface area contributed by atoms with E-state index in [1.54, 1.807) is 11.3 Å². The molecule has 0 aliphatic rings. The van der Waals surface area contributed by atoms with Crippen molar-refractivity contribution >= 4 is 34.5 Å². The molecule has 23 heavy (non-hydrogen) atoms. The van der Waals surface area contributed by atoms with Crippen LogP contribution in [0.25, 0.3) is 5.52 Å². The largest absolute Gasteiger partial charge is 0.344 e. The molecule has 0 radical (unpaired) electrons. The summed E-state index contributed by atoms with van der Waals surface area (Å²) in [6.07, 6.45) is 3.89. The van der Waals surface area contributed by atoms with Gasteiger partial charge in [-0.25, -0.2) is 4.98 Å². The number of carbonyl (C=O) groups excluding carboxylic acids is 1. The quantitative estimate of drug-likeness (QED) is 0.720. The summed E-state index contributed by atoms with van der Waals surface area (Å²) in [7, 11) is 0. The highest BCUT2D eigenvalue weighted by Crippen LogP contribution is 2.27. The molecule has 120 valence electrons. The molecule has 1 amide bonds. The van der Waals surface area contributed by atoms with E-state index < -0.39 is 0 Å². The first-order chi connectivity index (χ1) is 11.0. The van der Waals surface area contributed by atoms with E-state index in [4.69, 9.17) is 0 Å². The minimum absolute atomic E-state index is 0.0364. The van der Waals surface area contributed by atoms with Crippen molar-refractivity contribution in [2.75, 3.05) is 6.26 Å². The van der Waals surface area contributed by atoms with Gasteiger partial charge in [-0.15, -0.1) is 11.3 Å². The fourth-order valence-corrected chi connectivity index (χ4v) is 4.30. The van der Waals surface area contributed by atoms with Gasteiger partial charge in [0.1, 0.15) is 0 Å². The van der Waals surface area contributed by atoms with E-state index in [1.807, 2.05) is 42.0 Å². The van der Waals surface area contributed by atoms with Gasteiger partial charge in [-0.2, -0.15) is 0 Å². The van der Waals surface area contributed by atoms with Crippen LogP contribution in [0.3, 0.4) is 0 Å². The predicted molar refractivity (Wildman–Crippen MR) is 96.6 cm³/mol. The number of thiophene rings is 1. The average molecular weight is 345 g/mol. The highest BCUT2D eigenvalue weighted by atomic mass is 32.2. The monoisotopic (exact) mass is 345 g/mol. The van der Waals surface area contributed by atoms with E-state index in [1.165, 1.54) is 27.1 Å². The number of nitrogens with zero attached hydrogens (tertiary/aromatic N) is 2. The summed E-state index contributed by atoms with van der Waals surface area (Å²) in [6.45, 7) is 6.19. The number of fused-ring (bicyclic) bond motifs is 1. The van der Waals surface area contributed by atoms with Gasteiger partial charge in [0.25, 0.3) is 5.91 Å². The molecular weight excluding hydrogens is 326 g/mol. The molecule has 0 spiro atoms. The average Bonchev–Trinajstić information content (AvgIpc) is 3.07. The van der Waals surface area contributed by atoms with Crippen molar-refractivity contribution in [3.05, 3.63) is 51.5 Å². The Kier molecular flexibility index (Phi) is 4.46. The Labute approximate surface area is 143 Å². The molecule has 0 unspecified atom stereocenters. The van der Waals surface area contributed by atoms with E-state index in [9.17, 15) is 4.79 Å². The van der Waals surface area contributed by atoms with Gasteiger partial charge in [-0.1, -0.05) is 17.8 Å². The molecule has 0 bridgehead atoms. The van der Waals surface area contributed by atoms with Gasteiger partial charge < -0.3 is 5.32 Å². The number of imidazole rings is 1. The zero-order valence-electron chi connectivity index (χ0n) is 13.6. The van der Waals surface area contributed by atoms with Crippen molar-refractivity contribution in [2.24, 2.45) is 0 Å². The van der Waals surface area contributed by atoms with Crippen LogP contribution in [-0.2, 0) is 0 Å². The third-order valence-electron chi connectivity index (χ3n) is 3.81. The second-order valence-corrected chi connectivity index (χ2v) is 7.70. The Morgan fingerprint density at radius 3 is 2.83 bits per heavy atom. The second kappa shape index (κ2) is 6.37. The molecule has 0 aliphatic heterocycles. The molecule has 1 atom stereocenters. The van der Waals surface area contributed by atoms with E-state index in [-0.39, 0.29) is 11.9 Å². The lowest BCUT2D eigenvalue weighted by Gasteiger charge is -2.13. The second-order valence-electron chi connectivity index (χ2n) is 5.47. The molecule has 3 rings (SSSR count). The highest BCUT2D eigenvalue weighted by Gasteiger charge is 2.20. The topological polar surface area (TPSA) is 46.4 Å². The number of hydrogen-bond acceptors (Lipinski definition) is 4. The first kappa shape index (κ1) is 16.1. The Morgan fingerprint density at radius 2 is 2.17 bits per heavy atom. The van der Waals surface area contributed by atoms with Crippen molar-refractivity contribution in [3.8, 4) is 0 Å². The van der Waals surface area contributed by atoms with E-state index in [2.05, 4.69) is 30.2 Å². The fourth-order valence-electron chi connectivity index (χ4n) is 2.74. The minimum Gasteiger partial charge on any atom is -0.344 e. The normalized spacial score (nSPS) is 12.5. The summed E-state index contributed by atoms with van der Waals surface area (Å²) in [4.78, 5) is 19.7. The number of rotatable bonds is 4. The van der Waals surface area contributed by atoms with Crippen molar-refractivity contribution in [1.82, 2.24) is 14.7 Å². The smallest absolute Gasteiger partial charge is 0.272 e. The Morgan fingerprint density at radius 1 is 1.39 bits per heavy atom. The van der Waals surface area contributed by atoms with Gasteiger partial charge in [-0.3, -0.25) is 9.20 Å². The summed E-state index contributed by atoms with van der Waals surface area (Å²) in [5.74, 6) is -0.134. The maximum Gasteiger partial charge on any atom is 0.272 e. The van der Waals surface area contributed by atoms with Gasteiger partial charge in [-0.05, 0) is 50.8 Å². The summed E-state index contributed by atoms with van der Waals surface area (Å²) in [6, 6.07) is 7.89. The Balaban J connectivity index is 1.90. The maximum atomic E-state index is 12.7. The van der Waals surface area contributed by atoms with E-state index in [0.717, 1.165) is 10.7 Å². The van der Waals surface area contributed by atoms with Crippen LogP contribution in [0.15, 0.2) is 35.6 Å². The number of amides is 1. The van der Waals surface area contributed by atoms with Crippen LogP contribution in [0.1, 0.15) is 38.8 Å². The lowest BCUT2D eigenvalue weighted by atomic mass is 10.1. The van der Waals surface area contributed by atoms with Crippen molar-refractivity contribution in [1.29, 1.82) is 0 Å². The summed E-state index contributed by atoms with van der Waals surface area (Å²) in [5.41, 5.74) is 2.49. The van der Waals surface area contributed by atoms with Crippen LogP contribution in [0.2, 0.25) is 0 Å². The zero-order valence-corrected chi connectivity index (χ0v) is 15.2. The van der Waals surface area contributed by atoms with E-state index in [0.29, 0.717) is 5.69 Å². The number of hydrogen-bond donors (Lipinski definition) is 1. The Hall–Kier alpha value is -1.79. The summed E-state index contributed by atoms with van der Waals surface area (Å²) >= 11 is 3.29. The molecular formula is C17H19N3OS2. The molecule has 3 aromatic rings. The molecule has 6 heteroatoms. The van der Waals surface area contributed by atoms with Gasteiger partial charge >= 0.3 is 0 Å². The Bertz CT molecular complexity index is 866. The lowest BCUT2D eigenvalue weighted by Crippen LogP contribution is -2.27. The minimum atomic E-state index is -0.134. The van der Waals surface area contributed by atoms with E-state index >= 15 is 0 Å². The summed E-state index contributed by atoms with van der Waals surface area (Å²) < 4.78 is 1.95. The van der Waals surface area contributed by atoms with Crippen LogP contribution in [0.4, 0.5) is 0 Å². The van der Waals surface area contributed by atoms with Crippen molar-refractivity contribution in [2.45, 2.75) is 32.0 Å². The van der Waals surface area contributed by atoms with Crippen molar-refractivity contribution in [3.63, 3.8) is 0 Å². The summed E-state index contributed by atoms with van der Waals surface area (Å²) in [5, 5.41) is 3.90. The molecule has 0 fully saturated rings. The predicted octanol–water partition coefficient (Wildman–Crippen LogP) is 4.23. The van der Waals surface area contributed by atoms with Gasteiger partial charge in [0.05, 0.1) is 11.6 Å². The number of aryl methyl sites for hydroxylation is 2. The number of carbonyl (C=O) groups is 1. The van der Waals surface area contributed by atoms with Crippen LogP contribution in [0.5, 0.6) is 0 Å². The third-order valence-corrected chi connectivity index (χ3v) is 5.44. The molecule has 0 aromatic carbocycles. The van der Waals surface area contributed by atoms with Crippen LogP contribution in [0, 0.1) is 13.8 Å². The van der Waals surface area contributed by atoms with Crippen LogP contribution in [-0.4, -0.2) is 21.5 Å². The number of nitrogens with one attached hydrogen (secondary N) is 1. The molecule has 3 heterocycles. The van der Waals surface area contributed by atoms with Crippen LogP contribution < -0.4 is 5.32 Å². The molecule has 3 aromatic heterocycles. The first-order valence-electron chi connectivity index (χ1n) is 7.40. The number of pyridine rings is 1. The lowest BCUT2D eigenvalue weighted by molar-refractivity contribution is 0.0936. The molecule has 0 saturated heterocycles. The molecule has 0 saturated carbocycles. The molecule has 0 aliphatic carbocycles. The third kappa shape index (κ3) is 3.01. The SMILES string of the molecule is CSc1nc(C(=O)N[C@H](C)c2cc(C)sc2C)c2ccccn12. The molecule has 4 nitrogen and oxygen atoms in total. The number of thioether (sulfide) groups is 1. The molecule has 1 N–H and O–H groups in total. The van der Waals surface area contributed by atoms with Crippen LogP contribution >= 0.6 is 23.1 Å². The van der Waals surface area contributed by atoms with Crippen molar-refractivity contribution < 1.29 is 4.79 Å². The van der Waals surface area contributed by atoms with Gasteiger partial charge in [0, 0.05) is 16.0 Å². The number of aromatic nitrogens is 2. The fraction of sp³-hybridized carbons (Fsp3) is 0.294.